The Balaban J connectivity index is 2.21. The Bertz CT molecular complexity index is 943. The van der Waals surface area contributed by atoms with Gasteiger partial charge in [0.1, 0.15) is 5.75 Å². The van der Waals surface area contributed by atoms with E-state index in [0.717, 1.165) is 5.56 Å². The number of ether oxygens (including phenoxy) is 1. The third-order valence-corrected chi connectivity index (χ3v) is 5.02. The molecule has 7 heteroatoms. The van der Waals surface area contributed by atoms with Crippen LogP contribution in [-0.4, -0.2) is 30.4 Å². The van der Waals surface area contributed by atoms with Gasteiger partial charge in [-0.1, -0.05) is 44.2 Å². The van der Waals surface area contributed by atoms with Crippen molar-refractivity contribution in [3.63, 3.8) is 0 Å². The average Bonchev–Trinajstić information content (AvgIpc) is 2.88. The number of guanidine groups is 1. The van der Waals surface area contributed by atoms with Crippen LogP contribution >= 0.6 is 0 Å². The minimum absolute atomic E-state index is 0.0561. The molecule has 1 aliphatic rings. The molecule has 0 aromatic heterocycles. The lowest BCUT2D eigenvalue weighted by Crippen LogP contribution is -2.41. The van der Waals surface area contributed by atoms with Crippen molar-refractivity contribution < 1.29 is 18.3 Å². The summed E-state index contributed by atoms with van der Waals surface area (Å²) in [6.07, 6.45) is 0. The molecule has 28 heavy (non-hydrogen) atoms. The summed E-state index contributed by atoms with van der Waals surface area (Å²) in [4.78, 5) is 19.1. The Kier molecular flexibility index (Phi) is 5.10. The van der Waals surface area contributed by atoms with E-state index in [1.807, 2.05) is 24.3 Å². The van der Waals surface area contributed by atoms with Crippen molar-refractivity contribution in [2.45, 2.75) is 38.8 Å². The number of carbonyl (C=O) groups excluding carboxylic acids is 1. The number of carbonyl (C=O) groups is 1. The third-order valence-electron chi connectivity index (χ3n) is 5.02. The number of halogens is 2. The van der Waals surface area contributed by atoms with Crippen LogP contribution in [0.2, 0.25) is 0 Å². The van der Waals surface area contributed by atoms with Crippen molar-refractivity contribution in [1.82, 2.24) is 4.90 Å². The van der Waals surface area contributed by atoms with E-state index in [-0.39, 0.29) is 23.5 Å². The molecule has 0 radical (unpaired) electrons. The predicted octanol–water partition coefficient (Wildman–Crippen LogP) is 3.75. The van der Waals surface area contributed by atoms with E-state index in [9.17, 15) is 13.6 Å². The van der Waals surface area contributed by atoms with Gasteiger partial charge in [-0.2, -0.15) is 8.78 Å². The molecule has 2 N–H and O–H groups in total. The van der Waals surface area contributed by atoms with Crippen LogP contribution in [0.25, 0.3) is 0 Å². The molecule has 1 amide bonds. The largest absolute Gasteiger partial charge is 0.435 e. The Morgan fingerprint density at radius 1 is 1.14 bits per heavy atom. The number of nitrogens with two attached hydrogens (primary N) is 1. The van der Waals surface area contributed by atoms with Crippen LogP contribution in [0.3, 0.4) is 0 Å². The van der Waals surface area contributed by atoms with Gasteiger partial charge < -0.3 is 10.5 Å². The van der Waals surface area contributed by atoms with Crippen LogP contribution in [0, 0.1) is 6.92 Å². The Labute approximate surface area is 162 Å². The number of hydrogen-bond donors (Lipinski definition) is 1. The van der Waals surface area contributed by atoms with Gasteiger partial charge in [0.15, 0.2) is 11.5 Å². The smallest absolute Gasteiger partial charge is 0.387 e. The first kappa shape index (κ1) is 19.8. The first-order valence-corrected chi connectivity index (χ1v) is 8.96. The summed E-state index contributed by atoms with van der Waals surface area (Å²) in [5.41, 5.74) is 7.38. The summed E-state index contributed by atoms with van der Waals surface area (Å²) < 4.78 is 29.7. The van der Waals surface area contributed by atoms with Gasteiger partial charge in [0, 0.05) is 7.05 Å². The second-order valence-corrected chi connectivity index (χ2v) is 7.18. The summed E-state index contributed by atoms with van der Waals surface area (Å²) in [7, 11) is 1.57. The molecule has 0 bridgehead atoms. The minimum Gasteiger partial charge on any atom is -0.435 e. The van der Waals surface area contributed by atoms with Crippen molar-refractivity contribution in [2.24, 2.45) is 10.7 Å². The molecule has 1 heterocycles. The number of likely N-dealkylation sites (N-methyl/N-ethyl adjacent to an activating group) is 1. The normalized spacial score (nSPS) is 19.5. The molecule has 2 aromatic rings. The molecule has 0 saturated heterocycles. The number of nitrogens with zero attached hydrogens (tertiary/aromatic N) is 2. The van der Waals surface area contributed by atoms with Crippen LogP contribution in [0.15, 0.2) is 47.5 Å². The Morgan fingerprint density at radius 3 is 2.36 bits per heavy atom. The van der Waals surface area contributed by atoms with Crippen molar-refractivity contribution in [3.05, 3.63) is 64.7 Å². The lowest BCUT2D eigenvalue weighted by Gasteiger charge is -2.27. The number of benzene rings is 2. The van der Waals surface area contributed by atoms with E-state index in [1.165, 1.54) is 11.0 Å². The van der Waals surface area contributed by atoms with E-state index >= 15 is 0 Å². The highest BCUT2D eigenvalue weighted by atomic mass is 19.3. The van der Waals surface area contributed by atoms with Crippen LogP contribution in [-0.2, 0) is 10.3 Å². The maximum absolute atomic E-state index is 13.3. The van der Waals surface area contributed by atoms with E-state index in [0.29, 0.717) is 16.7 Å². The number of aryl methyl sites for hydroxylation is 1. The molecule has 0 aliphatic carbocycles. The van der Waals surface area contributed by atoms with Crippen LogP contribution in [0.5, 0.6) is 5.75 Å². The Hall–Kier alpha value is -2.96. The molecule has 1 aliphatic heterocycles. The zero-order valence-corrected chi connectivity index (χ0v) is 16.2. The monoisotopic (exact) mass is 387 g/mol. The standard InChI is InChI=1S/C21H23F2N3O2/c1-12(2)14-6-5-7-15(11-14)21(18(27)26(4)20(24)25-21)16-8-9-17(13(3)10-16)28-19(22)23/h5-12,19H,1-4H3,(H2,24,25). The molecular formula is C21H23F2N3O2. The molecule has 2 aromatic carbocycles. The second-order valence-electron chi connectivity index (χ2n) is 7.18. The van der Waals surface area contributed by atoms with Gasteiger partial charge in [-0.05, 0) is 47.2 Å². The fourth-order valence-corrected chi connectivity index (χ4v) is 3.41. The molecule has 1 unspecified atom stereocenters. The van der Waals surface area contributed by atoms with Crippen LogP contribution in [0.4, 0.5) is 8.78 Å². The third kappa shape index (κ3) is 3.21. The lowest BCUT2D eigenvalue weighted by molar-refractivity contribution is -0.129. The first-order chi connectivity index (χ1) is 13.2. The molecule has 148 valence electrons. The number of hydrogen-bond acceptors (Lipinski definition) is 4. The van der Waals surface area contributed by atoms with E-state index in [4.69, 9.17) is 5.73 Å². The van der Waals surface area contributed by atoms with Gasteiger partial charge in [0.05, 0.1) is 0 Å². The molecule has 1 atom stereocenters. The van der Waals surface area contributed by atoms with Gasteiger partial charge >= 0.3 is 6.61 Å². The van der Waals surface area contributed by atoms with E-state index < -0.39 is 12.2 Å². The molecule has 3 rings (SSSR count). The number of aliphatic imine (C=N–C) groups is 1. The van der Waals surface area contributed by atoms with Gasteiger partial charge in [-0.25, -0.2) is 4.99 Å². The Morgan fingerprint density at radius 2 is 1.82 bits per heavy atom. The molecule has 0 fully saturated rings. The first-order valence-electron chi connectivity index (χ1n) is 8.96. The number of rotatable bonds is 5. The van der Waals surface area contributed by atoms with Crippen molar-refractivity contribution in [3.8, 4) is 5.75 Å². The average molecular weight is 387 g/mol. The summed E-state index contributed by atoms with van der Waals surface area (Å²) in [6.45, 7) is 2.85. The SMILES string of the molecule is Cc1cc(C2(c3cccc(C(C)C)c3)N=C(N)N(C)C2=O)ccc1OC(F)F. The van der Waals surface area contributed by atoms with Gasteiger partial charge in [-0.15, -0.1) is 0 Å². The maximum atomic E-state index is 13.3. The molecule has 0 spiro atoms. The zero-order valence-electron chi connectivity index (χ0n) is 16.2. The highest BCUT2D eigenvalue weighted by Gasteiger charge is 2.49. The maximum Gasteiger partial charge on any atom is 0.387 e. The zero-order chi connectivity index (χ0) is 20.6. The second kappa shape index (κ2) is 7.22. The lowest BCUT2D eigenvalue weighted by atomic mass is 9.81. The van der Waals surface area contributed by atoms with Crippen molar-refractivity contribution in [2.75, 3.05) is 7.05 Å². The fourth-order valence-electron chi connectivity index (χ4n) is 3.41. The highest BCUT2D eigenvalue weighted by molar-refractivity contribution is 6.08. The highest BCUT2D eigenvalue weighted by Crippen LogP contribution is 2.41. The quantitative estimate of drug-likeness (QED) is 0.850. The molecular weight excluding hydrogens is 364 g/mol. The summed E-state index contributed by atoms with van der Waals surface area (Å²) in [5.74, 6) is 0.120. The number of alkyl halides is 2. The van der Waals surface area contributed by atoms with E-state index in [2.05, 4.69) is 23.6 Å². The van der Waals surface area contributed by atoms with Crippen molar-refractivity contribution >= 4 is 11.9 Å². The predicted molar refractivity (Wildman–Crippen MR) is 104 cm³/mol. The molecule has 0 saturated carbocycles. The summed E-state index contributed by atoms with van der Waals surface area (Å²) >= 11 is 0. The van der Waals surface area contributed by atoms with Gasteiger partial charge in [0.2, 0.25) is 0 Å². The summed E-state index contributed by atoms with van der Waals surface area (Å²) in [6, 6.07) is 12.3. The topological polar surface area (TPSA) is 67.9 Å². The van der Waals surface area contributed by atoms with Crippen LogP contribution < -0.4 is 10.5 Å². The fraction of sp³-hybridized carbons (Fsp3) is 0.333. The van der Waals surface area contributed by atoms with Gasteiger partial charge in [0.25, 0.3) is 5.91 Å². The van der Waals surface area contributed by atoms with Crippen LogP contribution in [0.1, 0.15) is 42.0 Å². The summed E-state index contributed by atoms with van der Waals surface area (Å²) in [5, 5.41) is 0. The minimum atomic E-state index is -2.92. The van der Waals surface area contributed by atoms with E-state index in [1.54, 1.807) is 26.1 Å². The number of amides is 1. The van der Waals surface area contributed by atoms with Crippen molar-refractivity contribution in [1.29, 1.82) is 0 Å². The van der Waals surface area contributed by atoms with Gasteiger partial charge in [-0.3, -0.25) is 9.69 Å². The molecule has 5 nitrogen and oxygen atoms in total.